The van der Waals surface area contributed by atoms with Gasteiger partial charge in [-0.25, -0.2) is 0 Å². The van der Waals surface area contributed by atoms with E-state index < -0.39 is 60.5 Å². The summed E-state index contributed by atoms with van der Waals surface area (Å²) in [5.41, 5.74) is -0.259. The molecular weight excluding hydrogens is 563 g/mol. The molecule has 0 fully saturated rings. The number of hydrogen-bond donors (Lipinski definition) is 0. The fraction of sp³-hybridized carbons (Fsp3) is 0.500. The standard InChI is InChI=1S/C20H11F17/c21-13(22,9-8-11-6-3-5-10-4-1-2-7-12(10)11)14(23,24)15(25,26)16(27,28)17(29,30)18(31,32)19(33,34)20(35,36)37/h1-7H,8-9H2. The Hall–Kier alpha value is -2.49. The fourth-order valence-electron chi connectivity index (χ4n) is 3.16. The summed E-state index contributed by atoms with van der Waals surface area (Å²) in [6.07, 6.45) is -11.6. The molecule has 0 aromatic heterocycles. The number of benzene rings is 2. The maximum absolute atomic E-state index is 14.1. The van der Waals surface area contributed by atoms with Crippen LogP contribution in [0.15, 0.2) is 42.5 Å². The maximum Gasteiger partial charge on any atom is 0.460 e. The van der Waals surface area contributed by atoms with Crippen LogP contribution >= 0.6 is 0 Å². The van der Waals surface area contributed by atoms with E-state index in [-0.39, 0.29) is 10.9 Å². The van der Waals surface area contributed by atoms with Gasteiger partial charge in [-0.15, -0.1) is 0 Å². The monoisotopic (exact) mass is 574 g/mol. The van der Waals surface area contributed by atoms with Crippen LogP contribution in [0, 0.1) is 0 Å². The van der Waals surface area contributed by atoms with Gasteiger partial charge in [0, 0.05) is 6.42 Å². The molecule has 0 nitrogen and oxygen atoms in total. The van der Waals surface area contributed by atoms with Gasteiger partial charge < -0.3 is 0 Å². The van der Waals surface area contributed by atoms with E-state index in [4.69, 9.17) is 0 Å². The Morgan fingerprint density at radius 2 is 0.838 bits per heavy atom. The Balaban J connectivity index is 2.49. The van der Waals surface area contributed by atoms with Crippen molar-refractivity contribution < 1.29 is 74.6 Å². The van der Waals surface area contributed by atoms with Crippen LogP contribution in [0.3, 0.4) is 0 Å². The van der Waals surface area contributed by atoms with Crippen LogP contribution in [0.1, 0.15) is 12.0 Å². The second-order valence-electron chi connectivity index (χ2n) is 7.79. The topological polar surface area (TPSA) is 0 Å². The van der Waals surface area contributed by atoms with Crippen molar-refractivity contribution in [2.24, 2.45) is 0 Å². The van der Waals surface area contributed by atoms with Gasteiger partial charge in [-0.1, -0.05) is 42.5 Å². The molecule has 0 bridgehead atoms. The number of alkyl halides is 17. The highest BCUT2D eigenvalue weighted by molar-refractivity contribution is 5.85. The number of rotatable bonds is 9. The van der Waals surface area contributed by atoms with Crippen LogP contribution in [0.4, 0.5) is 74.6 Å². The Kier molecular flexibility index (Phi) is 7.29. The minimum absolute atomic E-state index is 0.0850. The lowest BCUT2D eigenvalue weighted by Crippen LogP contribution is -2.74. The van der Waals surface area contributed by atoms with Gasteiger partial charge in [0.15, 0.2) is 0 Å². The molecule has 2 rings (SSSR count). The SMILES string of the molecule is FC(F)(F)C(F)(F)C(F)(F)C(F)(F)C(F)(F)C(F)(F)C(F)(F)C(F)(F)CCc1cccc2ccccc12. The van der Waals surface area contributed by atoms with E-state index in [1.807, 2.05) is 0 Å². The van der Waals surface area contributed by atoms with Crippen molar-refractivity contribution in [2.45, 2.75) is 60.5 Å². The van der Waals surface area contributed by atoms with Crippen LogP contribution in [0.25, 0.3) is 10.8 Å². The molecule has 2 aromatic carbocycles. The maximum atomic E-state index is 14.1. The number of aryl methyl sites for hydroxylation is 1. The normalized spacial score (nSPS) is 15.4. The average molecular weight is 574 g/mol. The zero-order valence-corrected chi connectivity index (χ0v) is 17.4. The predicted octanol–water partition coefficient (Wildman–Crippen LogP) is 8.78. The van der Waals surface area contributed by atoms with Gasteiger partial charge in [-0.05, 0) is 22.8 Å². The van der Waals surface area contributed by atoms with E-state index >= 15 is 0 Å². The van der Waals surface area contributed by atoms with Gasteiger partial charge in [-0.2, -0.15) is 74.6 Å². The van der Waals surface area contributed by atoms with Crippen molar-refractivity contribution in [3.63, 3.8) is 0 Å². The Morgan fingerprint density at radius 1 is 0.432 bits per heavy atom. The van der Waals surface area contributed by atoms with Crippen molar-refractivity contribution in [1.82, 2.24) is 0 Å². The fourth-order valence-corrected chi connectivity index (χ4v) is 3.16. The second-order valence-corrected chi connectivity index (χ2v) is 7.79. The van der Waals surface area contributed by atoms with Crippen LogP contribution < -0.4 is 0 Å². The molecule has 0 aliphatic carbocycles. The summed E-state index contributed by atoms with van der Waals surface area (Å²) in [6.45, 7) is 0. The second kappa shape index (κ2) is 8.78. The highest BCUT2D eigenvalue weighted by atomic mass is 19.4. The highest BCUT2D eigenvalue weighted by Crippen LogP contribution is 2.64. The third-order valence-electron chi connectivity index (χ3n) is 5.38. The Morgan fingerprint density at radius 3 is 1.32 bits per heavy atom. The molecule has 0 unspecified atom stereocenters. The Labute approximate surface area is 195 Å². The molecular formula is C20H11F17. The minimum atomic E-state index is -8.61. The molecule has 0 saturated carbocycles. The van der Waals surface area contributed by atoms with Gasteiger partial charge in [0.25, 0.3) is 0 Å². The van der Waals surface area contributed by atoms with Crippen molar-refractivity contribution in [2.75, 3.05) is 0 Å². The lowest BCUT2D eigenvalue weighted by atomic mass is 9.87. The molecule has 0 saturated heterocycles. The largest absolute Gasteiger partial charge is 0.460 e. The summed E-state index contributed by atoms with van der Waals surface area (Å²) < 4.78 is 227. The summed E-state index contributed by atoms with van der Waals surface area (Å²) in [7, 11) is 0. The lowest BCUT2D eigenvalue weighted by molar-refractivity contribution is -0.461. The smallest absolute Gasteiger partial charge is 0.200 e. The summed E-state index contributed by atoms with van der Waals surface area (Å²) in [5.74, 6) is -56.1. The van der Waals surface area contributed by atoms with Gasteiger partial charge in [0.1, 0.15) is 0 Å². The van der Waals surface area contributed by atoms with Gasteiger partial charge in [0.2, 0.25) is 0 Å². The van der Waals surface area contributed by atoms with Crippen LogP contribution in [-0.2, 0) is 6.42 Å². The number of hydrogen-bond acceptors (Lipinski definition) is 0. The first-order valence-electron chi connectivity index (χ1n) is 9.49. The molecule has 2 aromatic rings. The molecule has 37 heavy (non-hydrogen) atoms. The van der Waals surface area contributed by atoms with E-state index in [0.29, 0.717) is 5.39 Å². The first-order valence-corrected chi connectivity index (χ1v) is 9.49. The van der Waals surface area contributed by atoms with E-state index in [0.717, 1.165) is 6.07 Å². The molecule has 0 amide bonds. The molecule has 0 heterocycles. The number of halogens is 17. The predicted molar refractivity (Wildman–Crippen MR) is 93.0 cm³/mol. The molecule has 0 N–H and O–H groups in total. The van der Waals surface area contributed by atoms with E-state index in [2.05, 4.69) is 0 Å². The molecule has 0 aliphatic heterocycles. The highest BCUT2D eigenvalue weighted by Gasteiger charge is 2.95. The van der Waals surface area contributed by atoms with E-state index in [1.165, 1.54) is 36.4 Å². The lowest BCUT2D eigenvalue weighted by Gasteiger charge is -2.42. The van der Waals surface area contributed by atoms with E-state index in [9.17, 15) is 74.6 Å². The van der Waals surface area contributed by atoms with Gasteiger partial charge in [-0.3, -0.25) is 0 Å². The molecule has 0 radical (unpaired) electrons. The zero-order valence-electron chi connectivity index (χ0n) is 17.4. The van der Waals surface area contributed by atoms with Crippen LogP contribution in [-0.4, -0.2) is 47.6 Å². The van der Waals surface area contributed by atoms with Gasteiger partial charge >= 0.3 is 47.6 Å². The first-order chi connectivity index (χ1) is 16.3. The molecule has 0 aliphatic rings. The summed E-state index contributed by atoms with van der Waals surface area (Å²) in [6, 6.07) is 8.98. The van der Waals surface area contributed by atoms with Crippen molar-refractivity contribution in [3.8, 4) is 0 Å². The third kappa shape index (κ3) is 4.34. The van der Waals surface area contributed by atoms with Gasteiger partial charge in [0.05, 0.1) is 0 Å². The first kappa shape index (κ1) is 30.7. The van der Waals surface area contributed by atoms with Crippen LogP contribution in [0.2, 0.25) is 0 Å². The molecule has 0 spiro atoms. The molecule has 0 atom stereocenters. The molecule has 210 valence electrons. The zero-order chi connectivity index (χ0) is 29.1. The summed E-state index contributed by atoms with van der Waals surface area (Å²) >= 11 is 0. The molecule has 17 heteroatoms. The number of fused-ring (bicyclic) bond motifs is 1. The Bertz CT molecular complexity index is 1110. The van der Waals surface area contributed by atoms with Crippen molar-refractivity contribution in [3.05, 3.63) is 48.0 Å². The van der Waals surface area contributed by atoms with Crippen molar-refractivity contribution in [1.29, 1.82) is 0 Å². The minimum Gasteiger partial charge on any atom is -0.200 e. The van der Waals surface area contributed by atoms with Crippen LogP contribution in [0.5, 0.6) is 0 Å². The summed E-state index contributed by atoms with van der Waals surface area (Å²) in [5, 5.41) is 0.390. The van der Waals surface area contributed by atoms with Crippen molar-refractivity contribution >= 4 is 10.8 Å². The van der Waals surface area contributed by atoms with E-state index in [1.54, 1.807) is 0 Å². The quantitative estimate of drug-likeness (QED) is 0.263. The average Bonchev–Trinajstić information content (AvgIpc) is 2.76. The summed E-state index contributed by atoms with van der Waals surface area (Å²) in [4.78, 5) is 0. The third-order valence-corrected chi connectivity index (χ3v) is 5.38.